The molecule has 0 aliphatic carbocycles. The first-order valence-electron chi connectivity index (χ1n) is 9.83. The Morgan fingerprint density at radius 3 is 2.48 bits per heavy atom. The highest BCUT2D eigenvalue weighted by atomic mass is 35.5. The van der Waals surface area contributed by atoms with Crippen molar-refractivity contribution in [3.63, 3.8) is 0 Å². The second kappa shape index (κ2) is 8.66. The molecule has 0 saturated carbocycles. The Morgan fingerprint density at radius 2 is 1.77 bits per heavy atom. The number of carbonyl (C=O) groups excluding carboxylic acids is 1. The van der Waals surface area contributed by atoms with E-state index in [0.29, 0.717) is 16.3 Å². The Bertz CT molecular complexity index is 1290. The van der Waals surface area contributed by atoms with E-state index in [9.17, 15) is 4.79 Å². The fourth-order valence-corrected chi connectivity index (χ4v) is 3.97. The summed E-state index contributed by atoms with van der Waals surface area (Å²) in [5.41, 5.74) is 6.82. The zero-order valence-corrected chi connectivity index (χ0v) is 18.3. The van der Waals surface area contributed by atoms with Gasteiger partial charge >= 0.3 is 0 Å². The summed E-state index contributed by atoms with van der Waals surface area (Å²) >= 11 is 6.42. The SMILES string of the molecule is COc1ccc2ccccc2c1/C=N\NC(=O)c1ccc(-n2c(C)ccc2C)cc1Cl. The topological polar surface area (TPSA) is 55.6 Å². The largest absolute Gasteiger partial charge is 0.496 e. The molecule has 3 aromatic carbocycles. The van der Waals surface area contributed by atoms with Gasteiger partial charge in [-0.2, -0.15) is 5.10 Å². The van der Waals surface area contributed by atoms with Crippen LogP contribution in [-0.2, 0) is 0 Å². The number of hydrazone groups is 1. The molecule has 0 unspecified atom stereocenters. The van der Waals surface area contributed by atoms with Gasteiger partial charge in [-0.25, -0.2) is 5.43 Å². The first-order chi connectivity index (χ1) is 15.0. The Balaban J connectivity index is 1.57. The smallest absolute Gasteiger partial charge is 0.272 e. The van der Waals surface area contributed by atoms with Gasteiger partial charge in [-0.1, -0.05) is 41.9 Å². The summed E-state index contributed by atoms with van der Waals surface area (Å²) in [6, 6.07) is 21.2. The molecule has 0 saturated heterocycles. The molecule has 1 N–H and O–H groups in total. The van der Waals surface area contributed by atoms with Crippen molar-refractivity contribution < 1.29 is 9.53 Å². The second-order valence-corrected chi connectivity index (χ2v) is 7.62. The molecular formula is C25H22ClN3O2. The fraction of sp³-hybridized carbons (Fsp3) is 0.120. The molecule has 1 aromatic heterocycles. The van der Waals surface area contributed by atoms with Crippen molar-refractivity contribution in [1.29, 1.82) is 0 Å². The molecule has 4 rings (SSSR count). The quantitative estimate of drug-likeness (QED) is 0.327. The van der Waals surface area contributed by atoms with Crippen molar-refractivity contribution >= 4 is 34.5 Å². The Kier molecular flexibility index (Phi) is 5.78. The molecule has 0 aliphatic heterocycles. The number of ether oxygens (including phenoxy) is 1. The average molecular weight is 432 g/mol. The third-order valence-corrected chi connectivity index (χ3v) is 5.55. The van der Waals surface area contributed by atoms with Gasteiger partial charge < -0.3 is 9.30 Å². The molecule has 0 aliphatic rings. The number of rotatable bonds is 5. The van der Waals surface area contributed by atoms with Gasteiger partial charge in [0.1, 0.15) is 5.75 Å². The normalized spacial score (nSPS) is 11.2. The number of nitrogens with zero attached hydrogens (tertiary/aromatic N) is 2. The maximum Gasteiger partial charge on any atom is 0.272 e. The van der Waals surface area contributed by atoms with E-state index in [0.717, 1.165) is 33.4 Å². The molecule has 1 heterocycles. The van der Waals surface area contributed by atoms with E-state index >= 15 is 0 Å². The summed E-state index contributed by atoms with van der Waals surface area (Å²) in [5, 5.41) is 6.56. The molecule has 4 aromatic rings. The van der Waals surface area contributed by atoms with Crippen LogP contribution in [0.15, 0.2) is 71.8 Å². The van der Waals surface area contributed by atoms with Gasteiger partial charge in [0.15, 0.2) is 0 Å². The van der Waals surface area contributed by atoms with Crippen molar-refractivity contribution in [1.82, 2.24) is 9.99 Å². The number of carbonyl (C=O) groups is 1. The van der Waals surface area contributed by atoms with Crippen LogP contribution in [0.3, 0.4) is 0 Å². The van der Waals surface area contributed by atoms with Gasteiger partial charge in [-0.15, -0.1) is 0 Å². The molecule has 1 amide bonds. The molecule has 0 spiro atoms. The van der Waals surface area contributed by atoms with Crippen molar-refractivity contribution in [3.05, 3.63) is 94.3 Å². The molecule has 31 heavy (non-hydrogen) atoms. The Labute approximate surface area is 185 Å². The van der Waals surface area contributed by atoms with Crippen molar-refractivity contribution in [3.8, 4) is 11.4 Å². The number of hydrogen-bond donors (Lipinski definition) is 1. The van der Waals surface area contributed by atoms with E-state index in [2.05, 4.69) is 15.1 Å². The number of aryl methyl sites for hydroxylation is 2. The van der Waals surface area contributed by atoms with E-state index in [1.807, 2.05) is 68.4 Å². The maximum absolute atomic E-state index is 12.7. The van der Waals surface area contributed by atoms with Crippen molar-refractivity contribution in [2.45, 2.75) is 13.8 Å². The summed E-state index contributed by atoms with van der Waals surface area (Å²) in [6.45, 7) is 4.05. The second-order valence-electron chi connectivity index (χ2n) is 7.22. The van der Waals surface area contributed by atoms with Crippen LogP contribution in [-0.4, -0.2) is 23.8 Å². The van der Waals surface area contributed by atoms with E-state index in [4.69, 9.17) is 16.3 Å². The summed E-state index contributed by atoms with van der Waals surface area (Å²) in [7, 11) is 1.61. The van der Waals surface area contributed by atoms with Crippen LogP contribution >= 0.6 is 11.6 Å². The Morgan fingerprint density at radius 1 is 1.03 bits per heavy atom. The number of amides is 1. The average Bonchev–Trinajstić information content (AvgIpc) is 3.11. The highest BCUT2D eigenvalue weighted by Gasteiger charge is 2.13. The maximum atomic E-state index is 12.7. The fourth-order valence-electron chi connectivity index (χ4n) is 3.71. The summed E-state index contributed by atoms with van der Waals surface area (Å²) in [4.78, 5) is 12.7. The van der Waals surface area contributed by atoms with Crippen LogP contribution in [0.4, 0.5) is 0 Å². The minimum Gasteiger partial charge on any atom is -0.496 e. The van der Waals surface area contributed by atoms with Gasteiger partial charge in [0.05, 0.1) is 23.9 Å². The Hall–Kier alpha value is -3.57. The lowest BCUT2D eigenvalue weighted by atomic mass is 10.0. The lowest BCUT2D eigenvalue weighted by Gasteiger charge is -2.11. The first kappa shape index (κ1) is 20.7. The highest BCUT2D eigenvalue weighted by Crippen LogP contribution is 2.26. The third-order valence-electron chi connectivity index (χ3n) is 5.24. The van der Waals surface area contributed by atoms with Gasteiger partial charge in [0, 0.05) is 22.6 Å². The number of fused-ring (bicyclic) bond motifs is 1. The number of halogens is 1. The zero-order chi connectivity index (χ0) is 22.0. The summed E-state index contributed by atoms with van der Waals surface area (Å²) < 4.78 is 7.54. The number of nitrogens with one attached hydrogen (secondary N) is 1. The lowest BCUT2D eigenvalue weighted by molar-refractivity contribution is 0.0955. The molecular weight excluding hydrogens is 410 g/mol. The molecule has 0 fully saturated rings. The zero-order valence-electron chi connectivity index (χ0n) is 17.5. The molecule has 0 bridgehead atoms. The number of hydrogen-bond acceptors (Lipinski definition) is 3. The number of aromatic nitrogens is 1. The van der Waals surface area contributed by atoms with Crippen molar-refractivity contribution in [2.75, 3.05) is 7.11 Å². The van der Waals surface area contributed by atoms with Crippen molar-refractivity contribution in [2.24, 2.45) is 5.10 Å². The van der Waals surface area contributed by atoms with Gasteiger partial charge in [0.25, 0.3) is 5.91 Å². The third kappa shape index (κ3) is 4.05. The van der Waals surface area contributed by atoms with Gasteiger partial charge in [-0.05, 0) is 61.0 Å². The highest BCUT2D eigenvalue weighted by molar-refractivity contribution is 6.34. The molecule has 6 heteroatoms. The minimum atomic E-state index is -0.382. The predicted molar refractivity (Wildman–Crippen MR) is 126 cm³/mol. The molecule has 5 nitrogen and oxygen atoms in total. The van der Waals surface area contributed by atoms with Crippen LogP contribution in [0.2, 0.25) is 5.02 Å². The van der Waals surface area contributed by atoms with E-state index in [1.165, 1.54) is 0 Å². The molecule has 156 valence electrons. The van der Waals surface area contributed by atoms with Crippen LogP contribution in [0.1, 0.15) is 27.3 Å². The molecule has 0 radical (unpaired) electrons. The van der Waals surface area contributed by atoms with E-state index in [-0.39, 0.29) is 5.91 Å². The van der Waals surface area contributed by atoms with E-state index in [1.54, 1.807) is 25.5 Å². The number of methoxy groups -OCH3 is 1. The van der Waals surface area contributed by atoms with Crippen LogP contribution in [0, 0.1) is 13.8 Å². The summed E-state index contributed by atoms with van der Waals surface area (Å²) in [5.74, 6) is 0.296. The van der Waals surface area contributed by atoms with Gasteiger partial charge in [-0.3, -0.25) is 4.79 Å². The van der Waals surface area contributed by atoms with Crippen LogP contribution in [0.5, 0.6) is 5.75 Å². The number of benzene rings is 3. The summed E-state index contributed by atoms with van der Waals surface area (Å²) in [6.07, 6.45) is 1.59. The standard InChI is InChI=1S/C25H22ClN3O2/c1-16-8-9-17(2)29(16)19-11-12-21(23(26)14-19)25(30)28-27-15-22-20-7-5-4-6-18(20)10-13-24(22)31-3/h4-15H,1-3H3,(H,28,30)/b27-15-. The monoisotopic (exact) mass is 431 g/mol. The lowest BCUT2D eigenvalue weighted by Crippen LogP contribution is -2.18. The molecule has 0 atom stereocenters. The van der Waals surface area contributed by atoms with Crippen LogP contribution in [0.25, 0.3) is 16.5 Å². The first-order valence-corrected chi connectivity index (χ1v) is 10.2. The van der Waals surface area contributed by atoms with E-state index < -0.39 is 0 Å². The van der Waals surface area contributed by atoms with Crippen LogP contribution < -0.4 is 10.2 Å². The van der Waals surface area contributed by atoms with Gasteiger partial charge in [0.2, 0.25) is 0 Å². The minimum absolute atomic E-state index is 0.356. The predicted octanol–water partition coefficient (Wildman–Crippen LogP) is 5.67.